The summed E-state index contributed by atoms with van der Waals surface area (Å²) in [6.45, 7) is 10.7. The van der Waals surface area contributed by atoms with Gasteiger partial charge in [0.15, 0.2) is 0 Å². The third-order valence-corrected chi connectivity index (χ3v) is 3.49. The molecule has 0 saturated carbocycles. The van der Waals surface area contributed by atoms with E-state index in [2.05, 4.69) is 24.1 Å². The molecule has 4 nitrogen and oxygen atoms in total. The van der Waals surface area contributed by atoms with E-state index in [0.29, 0.717) is 12.5 Å². The summed E-state index contributed by atoms with van der Waals surface area (Å²) in [5.41, 5.74) is 0.742. The molecule has 0 radical (unpaired) electrons. The van der Waals surface area contributed by atoms with E-state index in [0.717, 1.165) is 10.7 Å². The second-order valence-corrected chi connectivity index (χ2v) is 6.76. The number of carbonyl (C=O) groups excluding carboxylic acids is 1. The van der Waals surface area contributed by atoms with Crippen molar-refractivity contribution in [2.75, 3.05) is 7.05 Å². The molecule has 0 fully saturated rings. The highest BCUT2D eigenvalue weighted by atomic mass is 32.1. The minimum atomic E-state index is -0.212. The summed E-state index contributed by atoms with van der Waals surface area (Å²) < 4.78 is 0. The van der Waals surface area contributed by atoms with Crippen LogP contribution in [-0.4, -0.2) is 28.5 Å². The molecule has 1 aromatic rings. The summed E-state index contributed by atoms with van der Waals surface area (Å²) in [6.07, 6.45) is 0. The number of aromatic nitrogens is 1. The Labute approximate surface area is 113 Å². The van der Waals surface area contributed by atoms with Crippen LogP contribution in [0.25, 0.3) is 0 Å². The van der Waals surface area contributed by atoms with Crippen LogP contribution in [0.15, 0.2) is 5.38 Å². The van der Waals surface area contributed by atoms with E-state index in [-0.39, 0.29) is 11.6 Å². The Hall–Kier alpha value is -1.10. The van der Waals surface area contributed by atoms with Crippen LogP contribution in [-0.2, 0) is 6.54 Å². The zero-order valence-corrected chi connectivity index (χ0v) is 12.9. The van der Waals surface area contributed by atoms with Gasteiger partial charge in [-0.3, -0.25) is 0 Å². The minimum absolute atomic E-state index is 0.0680. The second kappa shape index (κ2) is 5.69. The predicted molar refractivity (Wildman–Crippen MR) is 76.0 cm³/mol. The van der Waals surface area contributed by atoms with E-state index in [1.807, 2.05) is 26.2 Å². The molecule has 1 rings (SSSR count). The van der Waals surface area contributed by atoms with Gasteiger partial charge in [-0.05, 0) is 20.8 Å². The number of hydrogen-bond donors (Lipinski definition) is 1. The molecule has 102 valence electrons. The van der Waals surface area contributed by atoms with E-state index in [1.54, 1.807) is 23.3 Å². The van der Waals surface area contributed by atoms with Crippen molar-refractivity contribution >= 4 is 17.4 Å². The lowest BCUT2D eigenvalue weighted by Gasteiger charge is -2.25. The maximum atomic E-state index is 11.9. The van der Waals surface area contributed by atoms with Gasteiger partial charge in [0.25, 0.3) is 0 Å². The highest BCUT2D eigenvalue weighted by Gasteiger charge is 2.17. The first-order valence-corrected chi connectivity index (χ1v) is 7.04. The molecule has 5 heteroatoms. The topological polar surface area (TPSA) is 45.2 Å². The second-order valence-electron chi connectivity index (χ2n) is 5.87. The fraction of sp³-hybridized carbons (Fsp3) is 0.692. The van der Waals surface area contributed by atoms with Crippen molar-refractivity contribution in [3.8, 4) is 0 Å². The van der Waals surface area contributed by atoms with Gasteiger partial charge in [-0.2, -0.15) is 0 Å². The van der Waals surface area contributed by atoms with Gasteiger partial charge < -0.3 is 10.2 Å². The Balaban J connectivity index is 2.58. The Morgan fingerprint density at radius 3 is 2.56 bits per heavy atom. The van der Waals surface area contributed by atoms with Crippen molar-refractivity contribution < 1.29 is 4.79 Å². The first-order chi connectivity index (χ1) is 8.19. The summed E-state index contributed by atoms with van der Waals surface area (Å²) in [6, 6.07) is -0.0680. The van der Waals surface area contributed by atoms with Gasteiger partial charge in [-0.15, -0.1) is 11.3 Å². The van der Waals surface area contributed by atoms with Gasteiger partial charge in [0.2, 0.25) is 0 Å². The number of hydrogen-bond acceptors (Lipinski definition) is 3. The Morgan fingerprint density at radius 1 is 1.50 bits per heavy atom. The molecule has 0 bridgehead atoms. The molecule has 0 atom stereocenters. The lowest BCUT2D eigenvalue weighted by Crippen LogP contribution is -2.46. The van der Waals surface area contributed by atoms with E-state index < -0.39 is 0 Å². The molecule has 1 aromatic heterocycles. The average Bonchev–Trinajstić information content (AvgIpc) is 2.63. The van der Waals surface area contributed by atoms with Crippen LogP contribution in [0.2, 0.25) is 0 Å². The molecular weight excluding hydrogens is 246 g/mol. The summed E-state index contributed by atoms with van der Waals surface area (Å²) in [4.78, 5) is 18.1. The van der Waals surface area contributed by atoms with Crippen LogP contribution >= 0.6 is 11.3 Å². The quantitative estimate of drug-likeness (QED) is 0.916. The van der Waals surface area contributed by atoms with Crippen LogP contribution < -0.4 is 5.32 Å². The van der Waals surface area contributed by atoms with Crippen LogP contribution in [0.1, 0.15) is 51.2 Å². The average molecular weight is 269 g/mol. The monoisotopic (exact) mass is 269 g/mol. The predicted octanol–water partition coefficient (Wildman–Crippen LogP) is 3.21. The van der Waals surface area contributed by atoms with E-state index in [9.17, 15) is 4.79 Å². The maximum Gasteiger partial charge on any atom is 0.317 e. The molecule has 0 unspecified atom stereocenters. The van der Waals surface area contributed by atoms with Crippen molar-refractivity contribution in [3.05, 3.63) is 16.1 Å². The van der Waals surface area contributed by atoms with E-state index >= 15 is 0 Å². The number of carbonyl (C=O) groups is 1. The molecule has 0 aliphatic carbocycles. The standard InChI is InChI=1S/C13H23N3OS/c1-9(2)11-14-10(8-18-11)7-16(6)12(17)15-13(3,4)5/h8-9H,7H2,1-6H3,(H,15,17). The van der Waals surface area contributed by atoms with Gasteiger partial charge >= 0.3 is 6.03 Å². The molecule has 18 heavy (non-hydrogen) atoms. The van der Waals surface area contributed by atoms with Gasteiger partial charge in [-0.25, -0.2) is 9.78 Å². The number of rotatable bonds is 3. The number of urea groups is 1. The Morgan fingerprint density at radius 2 is 2.11 bits per heavy atom. The zero-order chi connectivity index (χ0) is 13.9. The molecule has 0 saturated heterocycles. The number of nitrogens with one attached hydrogen (secondary N) is 1. The van der Waals surface area contributed by atoms with Crippen molar-refractivity contribution in [2.45, 2.75) is 52.6 Å². The highest BCUT2D eigenvalue weighted by Crippen LogP contribution is 2.19. The SMILES string of the molecule is CC(C)c1nc(CN(C)C(=O)NC(C)(C)C)cs1. The Bertz CT molecular complexity index is 407. The first-order valence-electron chi connectivity index (χ1n) is 6.16. The molecular formula is C13H23N3OS. The highest BCUT2D eigenvalue weighted by molar-refractivity contribution is 7.09. The van der Waals surface area contributed by atoms with Crippen LogP contribution in [0.4, 0.5) is 4.79 Å². The molecule has 0 aromatic carbocycles. The normalized spacial score (nSPS) is 11.7. The minimum Gasteiger partial charge on any atom is -0.333 e. The lowest BCUT2D eigenvalue weighted by molar-refractivity contribution is 0.197. The third-order valence-electron chi connectivity index (χ3n) is 2.29. The molecule has 1 heterocycles. The lowest BCUT2D eigenvalue weighted by atomic mass is 10.1. The largest absolute Gasteiger partial charge is 0.333 e. The molecule has 2 amide bonds. The van der Waals surface area contributed by atoms with Gasteiger partial charge in [0.05, 0.1) is 17.2 Å². The summed E-state index contributed by atoms with van der Waals surface area (Å²) >= 11 is 1.66. The summed E-state index contributed by atoms with van der Waals surface area (Å²) in [5, 5.41) is 6.08. The van der Waals surface area contributed by atoms with Gasteiger partial charge in [0, 0.05) is 23.9 Å². The summed E-state index contributed by atoms with van der Waals surface area (Å²) in [5.74, 6) is 0.442. The maximum absolute atomic E-state index is 11.9. The Kier molecular flexibility index (Phi) is 4.73. The fourth-order valence-corrected chi connectivity index (χ4v) is 2.22. The van der Waals surface area contributed by atoms with Gasteiger partial charge in [-0.1, -0.05) is 13.8 Å². The number of thiazole rings is 1. The first kappa shape index (κ1) is 15.0. The van der Waals surface area contributed by atoms with Crippen molar-refractivity contribution in [2.24, 2.45) is 0 Å². The molecule has 0 aliphatic heterocycles. The number of amides is 2. The van der Waals surface area contributed by atoms with Crippen molar-refractivity contribution in [1.82, 2.24) is 15.2 Å². The van der Waals surface area contributed by atoms with Crippen LogP contribution in [0.3, 0.4) is 0 Å². The molecule has 1 N–H and O–H groups in total. The van der Waals surface area contributed by atoms with Gasteiger partial charge in [0.1, 0.15) is 0 Å². The fourth-order valence-electron chi connectivity index (χ4n) is 1.39. The van der Waals surface area contributed by atoms with Crippen LogP contribution in [0, 0.1) is 0 Å². The molecule has 0 aliphatic rings. The van der Waals surface area contributed by atoms with E-state index in [1.165, 1.54) is 0 Å². The van der Waals surface area contributed by atoms with Crippen molar-refractivity contribution in [3.63, 3.8) is 0 Å². The molecule has 0 spiro atoms. The smallest absolute Gasteiger partial charge is 0.317 e. The van der Waals surface area contributed by atoms with Crippen LogP contribution in [0.5, 0.6) is 0 Å². The number of nitrogens with zero attached hydrogens (tertiary/aromatic N) is 2. The zero-order valence-electron chi connectivity index (χ0n) is 12.1. The third kappa shape index (κ3) is 4.64. The van der Waals surface area contributed by atoms with Crippen molar-refractivity contribution in [1.29, 1.82) is 0 Å². The van der Waals surface area contributed by atoms with E-state index in [4.69, 9.17) is 0 Å². The summed E-state index contributed by atoms with van der Waals surface area (Å²) in [7, 11) is 1.79.